The van der Waals surface area contributed by atoms with E-state index in [-0.39, 0.29) is 105 Å². The molecule has 0 spiro atoms. The van der Waals surface area contributed by atoms with E-state index in [1.807, 2.05) is 0 Å². The summed E-state index contributed by atoms with van der Waals surface area (Å²) < 4.78 is 0. The van der Waals surface area contributed by atoms with Crippen molar-refractivity contribution in [2.75, 3.05) is 0 Å². The summed E-state index contributed by atoms with van der Waals surface area (Å²) in [5, 5.41) is 0. The third-order valence-corrected chi connectivity index (χ3v) is 0. The molecule has 0 aliphatic carbocycles. The molecule has 0 saturated heterocycles. The molecule has 6 nitrogen and oxygen atoms in total. The molecule has 0 aromatic carbocycles. The molecule has 0 N–H and O–H groups in total. The van der Waals surface area contributed by atoms with Crippen LogP contribution >= 0.6 is 0 Å². The second kappa shape index (κ2) is 183. The van der Waals surface area contributed by atoms with Gasteiger partial charge in [0.15, 0.2) is 0 Å². The summed E-state index contributed by atoms with van der Waals surface area (Å²) in [6, 6.07) is 0. The Kier molecular flexibility index (Phi) is 5040. The zero-order valence-electron chi connectivity index (χ0n) is 3.95. The van der Waals surface area contributed by atoms with Gasteiger partial charge in [-0.15, -0.1) is 0 Å². The first kappa shape index (κ1) is 248. The van der Waals surface area contributed by atoms with Gasteiger partial charge in [-0.05, 0) is 0 Å². The predicted molar refractivity (Wildman–Crippen MR) is 9.87 cm³/mol. The number of hydrogen-bond acceptors (Lipinski definition) is 0. The number of hydrogen-bond donors (Lipinski definition) is 0. The minimum atomic E-state index is 0. The zero-order chi connectivity index (χ0) is 0. The quantitative estimate of drug-likeness (QED) is 0.481. The van der Waals surface area contributed by atoms with Crippen LogP contribution in [0.2, 0.25) is 0 Å². The van der Waals surface area contributed by atoms with E-state index in [1.54, 1.807) is 0 Å². The van der Waals surface area contributed by atoms with Crippen LogP contribution in [0.15, 0.2) is 0 Å². The molecule has 0 unspecified atom stereocenters. The molecule has 0 aliphatic heterocycles. The van der Waals surface area contributed by atoms with E-state index in [0.717, 1.165) is 0 Å². The summed E-state index contributed by atoms with van der Waals surface area (Å²) in [6.07, 6.45) is 0. The monoisotopic (exact) mass is 354 g/mol. The van der Waals surface area contributed by atoms with Crippen LogP contribution in [0.1, 0.15) is 0 Å². The molecule has 0 bridgehead atoms. The van der Waals surface area contributed by atoms with Gasteiger partial charge in [0.2, 0.25) is 0 Å². The third kappa shape index (κ3) is 145. The molecule has 0 rings (SSSR count). The van der Waals surface area contributed by atoms with E-state index in [2.05, 4.69) is 0 Å². The molecular formula is O6SnTiZr. The van der Waals surface area contributed by atoms with Gasteiger partial charge in [-0.25, -0.2) is 0 Å². The second-order valence-electron chi connectivity index (χ2n) is 0. The van der Waals surface area contributed by atoms with E-state index in [9.17, 15) is 0 Å². The van der Waals surface area contributed by atoms with Crippen molar-refractivity contribution >= 4 is 23.9 Å². The molecule has 0 saturated carbocycles. The van der Waals surface area contributed by atoms with Gasteiger partial charge in [-0.1, -0.05) is 0 Å². The summed E-state index contributed by atoms with van der Waals surface area (Å²) >= 11 is 0. The van der Waals surface area contributed by atoms with Gasteiger partial charge in [0.05, 0.1) is 0 Å². The molecule has 0 amide bonds. The van der Waals surface area contributed by atoms with Crippen molar-refractivity contribution < 1.29 is 80.8 Å². The predicted octanol–water partition coefficient (Wildman–Crippen LogP) is -1.10. The van der Waals surface area contributed by atoms with E-state index in [0.29, 0.717) is 0 Å². The van der Waals surface area contributed by atoms with Gasteiger partial charge in [-0.2, -0.15) is 0 Å². The van der Waals surface area contributed by atoms with E-state index >= 15 is 0 Å². The van der Waals surface area contributed by atoms with Crippen LogP contribution in [0.5, 0.6) is 0 Å². The molecule has 0 aromatic rings. The Labute approximate surface area is 104 Å². The van der Waals surface area contributed by atoms with Gasteiger partial charge in [0, 0.05) is 0 Å². The maximum atomic E-state index is 0. The smallest absolute Gasteiger partial charge is 2.00 e. The largest absolute Gasteiger partial charge is 4.00 e. The molecule has 9 heteroatoms. The van der Waals surface area contributed by atoms with Crippen LogP contribution in [-0.4, -0.2) is 23.9 Å². The molecule has 0 heterocycles. The molecule has 0 aromatic heterocycles. The fourth-order valence-corrected chi connectivity index (χ4v) is 0. The maximum Gasteiger partial charge on any atom is 4.00 e. The first-order chi connectivity index (χ1) is 0. The van der Waals surface area contributed by atoms with Crippen molar-refractivity contribution in [3.05, 3.63) is 0 Å². The second-order valence-corrected chi connectivity index (χ2v) is 0. The van der Waals surface area contributed by atoms with Crippen molar-refractivity contribution in [2.45, 2.75) is 0 Å². The minimum Gasteiger partial charge on any atom is -2.00 e. The SMILES string of the molecule is [O-2].[O-2].[O-2].[O-2].[O-2].[O-2].[Sn+4].[Ti+4].[Zr+4]. The first-order valence-corrected chi connectivity index (χ1v) is 0. The van der Waals surface area contributed by atoms with Crippen LogP contribution in [0.25, 0.3) is 0 Å². The van der Waals surface area contributed by atoms with Gasteiger partial charge in [-0.3, -0.25) is 0 Å². The Bertz CT molecular complexity index is 13.0. The Morgan fingerprint density at radius 1 is 0.444 bits per heavy atom. The summed E-state index contributed by atoms with van der Waals surface area (Å²) in [6.45, 7) is 0. The van der Waals surface area contributed by atoms with Gasteiger partial charge >= 0.3 is 71.8 Å². The van der Waals surface area contributed by atoms with Crippen molar-refractivity contribution in [3.8, 4) is 0 Å². The van der Waals surface area contributed by atoms with Gasteiger partial charge in [0.1, 0.15) is 0 Å². The molecule has 48 valence electrons. The average Bonchev–Trinajstić information content (AvgIpc) is 0. The summed E-state index contributed by atoms with van der Waals surface area (Å²) in [5.74, 6) is 0. The fourth-order valence-electron chi connectivity index (χ4n) is 0. The standard InChI is InChI=1S/6O.Sn.Ti.Zr/q6*-2;3*+4. The molecule has 0 atom stereocenters. The van der Waals surface area contributed by atoms with Crippen LogP contribution in [0, 0.1) is 0 Å². The normalized spacial score (nSPS) is 0. The molecule has 9 heavy (non-hydrogen) atoms. The molecule has 0 aliphatic rings. The Balaban J connectivity index is 0. The first-order valence-electron chi connectivity index (χ1n) is 0. The van der Waals surface area contributed by atoms with Crippen LogP contribution in [0.3, 0.4) is 0 Å². The summed E-state index contributed by atoms with van der Waals surface area (Å²) in [7, 11) is 0. The average molecular weight is 354 g/mol. The van der Waals surface area contributed by atoms with E-state index in [1.165, 1.54) is 0 Å². The van der Waals surface area contributed by atoms with Crippen molar-refractivity contribution in [1.29, 1.82) is 0 Å². The third-order valence-electron chi connectivity index (χ3n) is 0. The van der Waals surface area contributed by atoms with Crippen LogP contribution in [-0.2, 0) is 80.8 Å². The van der Waals surface area contributed by atoms with Crippen molar-refractivity contribution in [2.24, 2.45) is 0 Å². The van der Waals surface area contributed by atoms with Crippen molar-refractivity contribution in [3.63, 3.8) is 0 Å². The molecule has 0 fully saturated rings. The zero-order valence-corrected chi connectivity index (χ0v) is 10.8. The van der Waals surface area contributed by atoms with Crippen LogP contribution in [0.4, 0.5) is 0 Å². The number of rotatable bonds is 0. The molecule has 0 radical (unpaired) electrons. The Hall–Kier alpha value is 2.16. The fraction of sp³-hybridized carbons (Fsp3) is 0. The van der Waals surface area contributed by atoms with Crippen LogP contribution < -0.4 is 0 Å². The Morgan fingerprint density at radius 3 is 0.444 bits per heavy atom. The maximum absolute atomic E-state index is 0. The van der Waals surface area contributed by atoms with E-state index < -0.39 is 0 Å². The summed E-state index contributed by atoms with van der Waals surface area (Å²) in [4.78, 5) is 0. The van der Waals surface area contributed by atoms with Gasteiger partial charge in [0.25, 0.3) is 0 Å². The minimum absolute atomic E-state index is 0. The van der Waals surface area contributed by atoms with Gasteiger partial charge < -0.3 is 32.9 Å². The molecular weight excluding hydrogens is 354 g/mol. The van der Waals surface area contributed by atoms with Crippen molar-refractivity contribution in [1.82, 2.24) is 0 Å². The topological polar surface area (TPSA) is 171 Å². The van der Waals surface area contributed by atoms with E-state index in [4.69, 9.17) is 0 Å². The summed E-state index contributed by atoms with van der Waals surface area (Å²) in [5.41, 5.74) is 0. The Morgan fingerprint density at radius 2 is 0.444 bits per heavy atom.